The van der Waals surface area contributed by atoms with Crippen LogP contribution >= 0.6 is 0 Å². The number of halogens is 2. The Morgan fingerprint density at radius 1 is 1.07 bits per heavy atom. The average Bonchev–Trinajstić information content (AvgIpc) is 3.48. The fourth-order valence-electron chi connectivity index (χ4n) is 3.48. The number of hydrogen-bond acceptors (Lipinski definition) is 6. The summed E-state index contributed by atoms with van der Waals surface area (Å²) in [5, 5.41) is 15.6. The van der Waals surface area contributed by atoms with Gasteiger partial charge in [-0.25, -0.2) is 0 Å². The van der Waals surface area contributed by atoms with Crippen LogP contribution in [-0.2, 0) is 20.6 Å². The van der Waals surface area contributed by atoms with Crippen LogP contribution in [0.3, 0.4) is 0 Å². The highest BCUT2D eigenvalue weighted by Crippen LogP contribution is 2.36. The van der Waals surface area contributed by atoms with E-state index in [1.807, 2.05) is 19.4 Å². The molecule has 4 aromatic rings. The van der Waals surface area contributed by atoms with Gasteiger partial charge in [0.25, 0.3) is 11.8 Å². The highest BCUT2D eigenvalue weighted by atomic mass is 19.3. The zero-order chi connectivity index (χ0) is 21.0. The third kappa shape index (κ3) is 2.86. The van der Waals surface area contributed by atoms with Crippen LogP contribution in [0.4, 0.5) is 14.6 Å². The maximum Gasteiger partial charge on any atom is 0.314 e. The molecule has 0 saturated heterocycles. The maximum absolute atomic E-state index is 13.2. The van der Waals surface area contributed by atoms with E-state index in [1.54, 1.807) is 45.7 Å². The Labute approximate surface area is 168 Å². The number of amides is 1. The zero-order valence-electron chi connectivity index (χ0n) is 16.0. The number of fused-ring (bicyclic) bond motifs is 1. The quantitative estimate of drug-likeness (QED) is 0.512. The Kier molecular flexibility index (Phi) is 3.98. The highest BCUT2D eigenvalue weighted by Gasteiger charge is 2.33. The van der Waals surface area contributed by atoms with Crippen molar-refractivity contribution in [3.05, 3.63) is 53.8 Å². The van der Waals surface area contributed by atoms with Gasteiger partial charge in [0.15, 0.2) is 5.82 Å². The second kappa shape index (κ2) is 6.58. The van der Waals surface area contributed by atoms with Crippen LogP contribution in [0.25, 0.3) is 22.6 Å². The van der Waals surface area contributed by atoms with Crippen LogP contribution in [-0.4, -0.2) is 35.7 Å². The van der Waals surface area contributed by atoms with Crippen LogP contribution in [0, 0.1) is 0 Å². The number of carbonyl (C=O) groups excluding carboxylic acids is 1. The van der Waals surface area contributed by atoms with Gasteiger partial charge in [0, 0.05) is 48.7 Å². The molecule has 1 aliphatic rings. The van der Waals surface area contributed by atoms with E-state index >= 15 is 0 Å². The molecule has 4 heterocycles. The minimum Gasteiger partial charge on any atom is -0.415 e. The number of hydrogen-bond donors (Lipinski definition) is 0. The summed E-state index contributed by atoms with van der Waals surface area (Å²) in [6.45, 7) is 0.338. The third-order valence-electron chi connectivity index (χ3n) is 4.87. The topological polar surface area (TPSA) is 94.9 Å². The predicted octanol–water partition coefficient (Wildman–Crippen LogP) is 2.97. The van der Waals surface area contributed by atoms with Crippen LogP contribution in [0.1, 0.15) is 28.2 Å². The van der Waals surface area contributed by atoms with E-state index in [-0.39, 0.29) is 11.8 Å². The molecule has 30 heavy (non-hydrogen) atoms. The maximum atomic E-state index is 13.2. The smallest absolute Gasteiger partial charge is 0.314 e. The zero-order valence-corrected chi connectivity index (χ0v) is 16.0. The number of rotatable bonds is 4. The van der Waals surface area contributed by atoms with Crippen LogP contribution in [0.5, 0.6) is 0 Å². The molecule has 0 N–H and O–H groups in total. The number of carbonyl (C=O) groups is 1. The molecule has 0 saturated carbocycles. The highest BCUT2D eigenvalue weighted by molar-refractivity contribution is 6.11. The molecule has 11 heteroatoms. The van der Waals surface area contributed by atoms with Gasteiger partial charge in [-0.05, 0) is 17.7 Å². The Morgan fingerprint density at radius 2 is 1.90 bits per heavy atom. The lowest BCUT2D eigenvalue weighted by Gasteiger charge is -2.14. The molecule has 0 spiro atoms. The molecule has 3 aromatic heterocycles. The second-order valence-electron chi connectivity index (χ2n) is 6.95. The van der Waals surface area contributed by atoms with Gasteiger partial charge in [0.1, 0.15) is 0 Å². The van der Waals surface area contributed by atoms with Crippen LogP contribution in [0.15, 0.2) is 41.2 Å². The monoisotopic (exact) mass is 411 g/mol. The Bertz CT molecular complexity index is 1270. The lowest BCUT2D eigenvalue weighted by Crippen LogP contribution is -2.24. The van der Waals surface area contributed by atoms with Gasteiger partial charge < -0.3 is 4.42 Å². The van der Waals surface area contributed by atoms with Crippen molar-refractivity contribution in [2.45, 2.75) is 13.0 Å². The summed E-state index contributed by atoms with van der Waals surface area (Å²) < 4.78 is 33.8. The largest absolute Gasteiger partial charge is 0.415 e. The molecule has 1 amide bonds. The van der Waals surface area contributed by atoms with Crippen molar-refractivity contribution in [2.24, 2.45) is 14.1 Å². The van der Waals surface area contributed by atoms with E-state index in [0.29, 0.717) is 23.5 Å². The van der Waals surface area contributed by atoms with Gasteiger partial charge in [-0.2, -0.15) is 19.0 Å². The number of nitrogens with zero attached hydrogens (tertiary/aromatic N) is 7. The number of aryl methyl sites for hydroxylation is 2. The van der Waals surface area contributed by atoms with Gasteiger partial charge in [0.05, 0.1) is 12.7 Å². The normalized spacial score (nSPS) is 13.5. The lowest BCUT2D eigenvalue weighted by molar-refractivity contribution is 0.0995. The van der Waals surface area contributed by atoms with Crippen LogP contribution < -0.4 is 4.90 Å². The summed E-state index contributed by atoms with van der Waals surface area (Å²) in [7, 11) is 3.60. The van der Waals surface area contributed by atoms with Crippen molar-refractivity contribution in [3.63, 3.8) is 0 Å². The predicted molar refractivity (Wildman–Crippen MR) is 101 cm³/mol. The molecule has 5 rings (SSSR count). The van der Waals surface area contributed by atoms with Gasteiger partial charge in [0.2, 0.25) is 5.89 Å². The summed E-state index contributed by atoms with van der Waals surface area (Å²) >= 11 is 0. The molecule has 0 fully saturated rings. The first-order valence-corrected chi connectivity index (χ1v) is 9.00. The SMILES string of the molecule is Cn1cc(-c2cn(C)nc2N2Cc3ccc(-c4nnc(C(F)F)o4)cc3C2=O)cn1. The fourth-order valence-corrected chi connectivity index (χ4v) is 3.48. The van der Waals surface area contributed by atoms with Gasteiger partial charge in [-0.3, -0.25) is 19.1 Å². The first kappa shape index (κ1) is 18.2. The van der Waals surface area contributed by atoms with Crippen molar-refractivity contribution in [2.75, 3.05) is 4.90 Å². The standard InChI is InChI=1S/C19H15F2N7O2/c1-26-7-12(6-22-26)14-9-27(2)25-16(14)28-8-11-4-3-10(5-13(11)19(28)29)17-23-24-18(30-17)15(20)21/h3-7,9,15H,8H2,1-2H3. The van der Waals surface area contributed by atoms with Gasteiger partial charge >= 0.3 is 6.43 Å². The van der Waals surface area contributed by atoms with E-state index in [9.17, 15) is 13.6 Å². The van der Waals surface area contributed by atoms with Crippen molar-refractivity contribution in [1.82, 2.24) is 29.8 Å². The molecule has 152 valence electrons. The first-order valence-electron chi connectivity index (χ1n) is 9.00. The summed E-state index contributed by atoms with van der Waals surface area (Å²) in [5.41, 5.74) is 3.25. The van der Waals surface area contributed by atoms with E-state index in [2.05, 4.69) is 20.4 Å². The molecular formula is C19H15F2N7O2. The molecule has 0 bridgehead atoms. The fraction of sp³-hybridized carbons (Fsp3) is 0.211. The summed E-state index contributed by atoms with van der Waals surface area (Å²) in [6.07, 6.45) is 2.54. The molecular weight excluding hydrogens is 396 g/mol. The number of alkyl halides is 2. The molecule has 1 aromatic carbocycles. The molecule has 9 nitrogen and oxygen atoms in total. The molecule has 0 atom stereocenters. The van der Waals surface area contributed by atoms with Crippen molar-refractivity contribution in [3.8, 4) is 22.6 Å². The minimum atomic E-state index is -2.85. The second-order valence-corrected chi connectivity index (χ2v) is 6.95. The average molecular weight is 411 g/mol. The summed E-state index contributed by atoms with van der Waals surface area (Å²) in [4.78, 5) is 14.7. The summed E-state index contributed by atoms with van der Waals surface area (Å²) in [5.74, 6) is -0.545. The summed E-state index contributed by atoms with van der Waals surface area (Å²) in [6, 6.07) is 4.99. The molecule has 0 radical (unpaired) electrons. The van der Waals surface area contributed by atoms with Gasteiger partial charge in [-0.1, -0.05) is 6.07 Å². The van der Waals surface area contributed by atoms with E-state index < -0.39 is 12.3 Å². The lowest BCUT2D eigenvalue weighted by atomic mass is 10.1. The van der Waals surface area contributed by atoms with E-state index in [4.69, 9.17) is 4.42 Å². The number of anilines is 1. The first-order chi connectivity index (χ1) is 14.4. The third-order valence-corrected chi connectivity index (χ3v) is 4.87. The Balaban J connectivity index is 1.51. The van der Waals surface area contributed by atoms with E-state index in [0.717, 1.165) is 16.7 Å². The number of benzene rings is 1. The molecule has 1 aliphatic heterocycles. The Morgan fingerprint density at radius 3 is 2.60 bits per heavy atom. The van der Waals surface area contributed by atoms with Crippen molar-refractivity contribution in [1.29, 1.82) is 0 Å². The minimum absolute atomic E-state index is 0.0618. The molecule has 0 unspecified atom stereocenters. The van der Waals surface area contributed by atoms with Gasteiger partial charge in [-0.15, -0.1) is 10.2 Å². The number of aromatic nitrogens is 6. The Hall–Kier alpha value is -3.89. The molecule has 0 aliphatic carbocycles. The van der Waals surface area contributed by atoms with Crippen molar-refractivity contribution < 1.29 is 18.0 Å². The van der Waals surface area contributed by atoms with Crippen LogP contribution in [0.2, 0.25) is 0 Å². The van der Waals surface area contributed by atoms with E-state index in [1.165, 1.54) is 0 Å². The van der Waals surface area contributed by atoms with Crippen molar-refractivity contribution >= 4 is 11.7 Å².